The van der Waals surface area contributed by atoms with Crippen LogP contribution in [0.25, 0.3) is 6.08 Å². The molecule has 3 aromatic carbocycles. The molecule has 0 aromatic heterocycles. The van der Waals surface area contributed by atoms with Gasteiger partial charge in [-0.2, -0.15) is 0 Å². The first-order chi connectivity index (χ1) is 15.9. The number of benzene rings is 3. The molecule has 33 heavy (non-hydrogen) atoms. The maximum Gasteiger partial charge on any atom is 0.294 e. The van der Waals surface area contributed by atoms with Crippen molar-refractivity contribution < 1.29 is 18.7 Å². The van der Waals surface area contributed by atoms with Gasteiger partial charge in [0.2, 0.25) is 5.91 Å². The Morgan fingerprint density at radius 3 is 2.55 bits per heavy atom. The maximum absolute atomic E-state index is 14.3. The van der Waals surface area contributed by atoms with E-state index in [-0.39, 0.29) is 28.8 Å². The Bertz CT molecular complexity index is 1210. The number of hydrogen-bond acceptors (Lipinski definition) is 3. The molecule has 0 spiro atoms. The van der Waals surface area contributed by atoms with Gasteiger partial charge in [0.15, 0.2) is 11.5 Å². The molecule has 0 aliphatic carbocycles. The van der Waals surface area contributed by atoms with E-state index in [9.17, 15) is 14.0 Å². The van der Waals surface area contributed by atoms with Crippen LogP contribution in [0.4, 0.5) is 10.1 Å². The second kappa shape index (κ2) is 10.1. The Balaban J connectivity index is 1.51. The first-order valence-corrected chi connectivity index (χ1v) is 10.9. The van der Waals surface area contributed by atoms with Crippen LogP contribution in [-0.4, -0.2) is 24.9 Å². The molecule has 2 amide bonds. The lowest BCUT2D eigenvalue weighted by Crippen LogP contribution is -2.44. The van der Waals surface area contributed by atoms with Crippen molar-refractivity contribution >= 4 is 46.8 Å². The van der Waals surface area contributed by atoms with Gasteiger partial charge < -0.3 is 10.1 Å². The predicted octanol–water partition coefficient (Wildman–Crippen LogP) is 5.26. The zero-order valence-corrected chi connectivity index (χ0v) is 18.9. The lowest BCUT2D eigenvalue weighted by Gasteiger charge is -2.30. The Kier molecular flexibility index (Phi) is 6.96. The van der Waals surface area contributed by atoms with E-state index in [1.54, 1.807) is 36.4 Å². The number of carbonyl (C=O) groups is 2. The van der Waals surface area contributed by atoms with Crippen molar-refractivity contribution in [2.45, 2.75) is 6.42 Å². The van der Waals surface area contributed by atoms with Crippen LogP contribution in [0.3, 0.4) is 0 Å². The topological polar surface area (TPSA) is 58.6 Å². The van der Waals surface area contributed by atoms with Gasteiger partial charge in [-0.15, -0.1) is 0 Å². The molecule has 168 valence electrons. The van der Waals surface area contributed by atoms with Crippen LogP contribution in [0.2, 0.25) is 10.0 Å². The van der Waals surface area contributed by atoms with E-state index in [0.717, 1.165) is 5.56 Å². The summed E-state index contributed by atoms with van der Waals surface area (Å²) in [4.78, 5) is 27.1. The van der Waals surface area contributed by atoms with Gasteiger partial charge in [0.25, 0.3) is 5.91 Å². The Morgan fingerprint density at radius 2 is 1.79 bits per heavy atom. The van der Waals surface area contributed by atoms with E-state index in [4.69, 9.17) is 27.9 Å². The number of para-hydroxylation sites is 2. The summed E-state index contributed by atoms with van der Waals surface area (Å²) < 4.78 is 20.0. The quantitative estimate of drug-likeness (QED) is 0.485. The maximum atomic E-state index is 14.3. The fraction of sp³-hybridized carbons (Fsp3) is 0.120. The SMILES string of the molecule is O=C(CN1C(=O)C(=Cc2c(F)cccc2Cl)Oc2ccccc21)NCCc1ccc(Cl)cc1. The second-order valence-electron chi connectivity index (χ2n) is 7.33. The minimum atomic E-state index is -0.586. The van der Waals surface area contributed by atoms with Crippen molar-refractivity contribution in [2.24, 2.45) is 0 Å². The number of hydrogen-bond donors (Lipinski definition) is 1. The molecule has 0 fully saturated rings. The summed E-state index contributed by atoms with van der Waals surface area (Å²) in [5.74, 6) is -1.24. The largest absolute Gasteiger partial charge is 0.449 e. The van der Waals surface area contributed by atoms with Gasteiger partial charge in [0, 0.05) is 17.1 Å². The molecule has 3 aromatic rings. The molecule has 0 radical (unpaired) electrons. The first kappa shape index (κ1) is 22.8. The molecule has 0 saturated heterocycles. The minimum Gasteiger partial charge on any atom is -0.449 e. The summed E-state index contributed by atoms with van der Waals surface area (Å²) in [6.07, 6.45) is 1.87. The molecular formula is C25H19Cl2FN2O3. The normalized spacial score (nSPS) is 14.1. The van der Waals surface area contributed by atoms with Crippen molar-refractivity contribution in [1.29, 1.82) is 0 Å². The van der Waals surface area contributed by atoms with E-state index < -0.39 is 11.7 Å². The van der Waals surface area contributed by atoms with E-state index in [1.807, 2.05) is 12.1 Å². The van der Waals surface area contributed by atoms with E-state index >= 15 is 0 Å². The summed E-state index contributed by atoms with van der Waals surface area (Å²) in [6.45, 7) is 0.177. The van der Waals surface area contributed by atoms with Crippen LogP contribution in [0, 0.1) is 5.82 Å². The Labute approximate surface area is 200 Å². The number of fused-ring (bicyclic) bond motifs is 1. The van der Waals surface area contributed by atoms with Gasteiger partial charge in [-0.25, -0.2) is 4.39 Å². The van der Waals surface area contributed by atoms with Gasteiger partial charge >= 0.3 is 0 Å². The van der Waals surface area contributed by atoms with Crippen LogP contribution in [-0.2, 0) is 16.0 Å². The number of anilines is 1. The summed E-state index contributed by atoms with van der Waals surface area (Å²) >= 11 is 12.0. The minimum absolute atomic E-state index is 0.0364. The average molecular weight is 485 g/mol. The Hall–Kier alpha value is -3.35. The van der Waals surface area contributed by atoms with Crippen molar-refractivity contribution in [3.05, 3.63) is 99.5 Å². The standard InChI is InChI=1S/C25H19Cl2FN2O3/c26-17-10-8-16(9-11-17)12-13-29-24(31)15-30-21-6-1-2-7-22(21)33-23(25(30)32)14-18-19(27)4-3-5-20(18)28/h1-11,14H,12-13,15H2,(H,29,31). The lowest BCUT2D eigenvalue weighted by atomic mass is 10.1. The third-order valence-electron chi connectivity index (χ3n) is 5.06. The molecule has 0 unspecified atom stereocenters. The summed E-state index contributed by atoms with van der Waals surface area (Å²) in [6, 6.07) is 18.4. The van der Waals surface area contributed by atoms with E-state index in [2.05, 4.69) is 5.32 Å². The van der Waals surface area contributed by atoms with Crippen molar-refractivity contribution in [2.75, 3.05) is 18.0 Å². The number of rotatable bonds is 6. The van der Waals surface area contributed by atoms with Gasteiger partial charge in [-0.05, 0) is 54.5 Å². The monoisotopic (exact) mass is 484 g/mol. The molecule has 0 saturated carbocycles. The van der Waals surface area contributed by atoms with Crippen LogP contribution in [0.5, 0.6) is 5.75 Å². The molecule has 1 aliphatic heterocycles. The summed E-state index contributed by atoms with van der Waals surface area (Å²) in [5, 5.41) is 3.61. The van der Waals surface area contributed by atoms with Crippen LogP contribution >= 0.6 is 23.2 Å². The second-order valence-corrected chi connectivity index (χ2v) is 8.18. The molecule has 8 heteroatoms. The summed E-state index contributed by atoms with van der Waals surface area (Å²) in [7, 11) is 0. The number of ether oxygens (including phenoxy) is 1. The molecule has 5 nitrogen and oxygen atoms in total. The van der Waals surface area contributed by atoms with Gasteiger partial charge in [0.1, 0.15) is 12.4 Å². The summed E-state index contributed by atoms with van der Waals surface area (Å²) in [5.41, 5.74) is 1.51. The van der Waals surface area contributed by atoms with Crippen LogP contribution in [0.15, 0.2) is 72.5 Å². The first-order valence-electron chi connectivity index (χ1n) is 10.2. The highest BCUT2D eigenvalue weighted by molar-refractivity contribution is 6.32. The highest BCUT2D eigenvalue weighted by Gasteiger charge is 2.32. The molecule has 1 heterocycles. The zero-order chi connectivity index (χ0) is 23.4. The highest BCUT2D eigenvalue weighted by Crippen LogP contribution is 2.36. The van der Waals surface area contributed by atoms with Gasteiger partial charge in [-0.1, -0.05) is 53.5 Å². The Morgan fingerprint density at radius 1 is 1.03 bits per heavy atom. The zero-order valence-electron chi connectivity index (χ0n) is 17.4. The number of nitrogens with one attached hydrogen (secondary N) is 1. The predicted molar refractivity (Wildman–Crippen MR) is 127 cm³/mol. The van der Waals surface area contributed by atoms with Crippen LogP contribution in [0.1, 0.15) is 11.1 Å². The molecular weight excluding hydrogens is 466 g/mol. The number of halogens is 3. The van der Waals surface area contributed by atoms with E-state index in [0.29, 0.717) is 29.4 Å². The smallest absolute Gasteiger partial charge is 0.294 e. The third-order valence-corrected chi connectivity index (χ3v) is 5.64. The van der Waals surface area contributed by atoms with E-state index in [1.165, 1.54) is 29.2 Å². The van der Waals surface area contributed by atoms with Crippen molar-refractivity contribution in [3.8, 4) is 5.75 Å². The van der Waals surface area contributed by atoms with Crippen LogP contribution < -0.4 is 15.0 Å². The molecule has 1 N–H and O–H groups in total. The lowest BCUT2D eigenvalue weighted by molar-refractivity contribution is -0.123. The van der Waals surface area contributed by atoms with Gasteiger partial charge in [0.05, 0.1) is 10.7 Å². The molecule has 0 atom stereocenters. The fourth-order valence-electron chi connectivity index (χ4n) is 3.40. The highest BCUT2D eigenvalue weighted by atomic mass is 35.5. The number of nitrogens with zero attached hydrogens (tertiary/aromatic N) is 1. The third kappa shape index (κ3) is 5.35. The fourth-order valence-corrected chi connectivity index (χ4v) is 3.74. The molecule has 0 bridgehead atoms. The molecule has 1 aliphatic rings. The molecule has 4 rings (SSSR count). The average Bonchev–Trinajstić information content (AvgIpc) is 2.80. The van der Waals surface area contributed by atoms with Crippen molar-refractivity contribution in [3.63, 3.8) is 0 Å². The van der Waals surface area contributed by atoms with Gasteiger partial charge in [-0.3, -0.25) is 14.5 Å². The number of carbonyl (C=O) groups excluding carboxylic acids is 2. The number of amides is 2. The van der Waals surface area contributed by atoms with Crippen molar-refractivity contribution in [1.82, 2.24) is 5.32 Å².